The van der Waals surface area contributed by atoms with Gasteiger partial charge in [-0.2, -0.15) is 0 Å². The zero-order chi connectivity index (χ0) is 14.4. The quantitative estimate of drug-likeness (QED) is 0.723. The Kier molecular flexibility index (Phi) is 6.33. The van der Waals surface area contributed by atoms with Crippen molar-refractivity contribution in [2.24, 2.45) is 5.92 Å². The maximum Gasteiger partial charge on any atom is 0.119 e. The summed E-state index contributed by atoms with van der Waals surface area (Å²) in [6, 6.07) is 8.19. The molecule has 2 atom stereocenters. The van der Waals surface area contributed by atoms with Crippen LogP contribution in [-0.4, -0.2) is 30.4 Å². The summed E-state index contributed by atoms with van der Waals surface area (Å²) in [4.78, 5) is 0. The van der Waals surface area contributed by atoms with E-state index < -0.39 is 6.10 Å². The summed E-state index contributed by atoms with van der Waals surface area (Å²) in [5.41, 5.74) is 0. The summed E-state index contributed by atoms with van der Waals surface area (Å²) in [7, 11) is 0. The highest BCUT2D eigenvalue weighted by atomic mass is 79.9. The molecule has 2 N–H and O–H groups in total. The molecule has 2 unspecified atom stereocenters. The molecule has 0 aromatic heterocycles. The summed E-state index contributed by atoms with van der Waals surface area (Å²) in [5.74, 6) is 1.71. The molecule has 0 bridgehead atoms. The maximum absolute atomic E-state index is 9.96. The Labute approximate surface area is 129 Å². The second-order valence-electron chi connectivity index (χ2n) is 5.61. The zero-order valence-corrected chi connectivity index (χ0v) is 13.6. The third-order valence-electron chi connectivity index (χ3n) is 3.71. The molecule has 2 rings (SSSR count). The number of benzene rings is 1. The molecule has 1 aliphatic rings. The molecule has 112 valence electrons. The first-order valence-electron chi connectivity index (χ1n) is 7.47. The SMILES string of the molecule is CCC(CC1CC1)NCC(O)COc1ccc(Br)cc1. The van der Waals surface area contributed by atoms with Crippen molar-refractivity contribution in [3.8, 4) is 5.75 Å². The van der Waals surface area contributed by atoms with Gasteiger partial charge in [0.25, 0.3) is 0 Å². The lowest BCUT2D eigenvalue weighted by Gasteiger charge is -2.19. The predicted octanol–water partition coefficient (Wildman–Crippen LogP) is 3.36. The van der Waals surface area contributed by atoms with E-state index >= 15 is 0 Å². The van der Waals surface area contributed by atoms with Crippen LogP contribution in [-0.2, 0) is 0 Å². The summed E-state index contributed by atoms with van der Waals surface area (Å²) >= 11 is 3.38. The molecule has 1 saturated carbocycles. The van der Waals surface area contributed by atoms with Crippen LogP contribution in [0.15, 0.2) is 28.7 Å². The van der Waals surface area contributed by atoms with Gasteiger partial charge in [0.1, 0.15) is 18.5 Å². The van der Waals surface area contributed by atoms with Crippen LogP contribution in [0.25, 0.3) is 0 Å². The van der Waals surface area contributed by atoms with E-state index in [-0.39, 0.29) is 0 Å². The molecule has 0 amide bonds. The van der Waals surface area contributed by atoms with E-state index in [9.17, 15) is 5.11 Å². The Balaban J connectivity index is 1.63. The highest BCUT2D eigenvalue weighted by molar-refractivity contribution is 9.10. The summed E-state index contributed by atoms with van der Waals surface area (Å²) in [6.07, 6.45) is 4.67. The number of hydrogen-bond donors (Lipinski definition) is 2. The lowest BCUT2D eigenvalue weighted by molar-refractivity contribution is 0.103. The largest absolute Gasteiger partial charge is 0.491 e. The third kappa shape index (κ3) is 5.81. The Morgan fingerprint density at radius 3 is 2.65 bits per heavy atom. The van der Waals surface area contributed by atoms with Gasteiger partial charge in [0.05, 0.1) is 0 Å². The highest BCUT2D eigenvalue weighted by Crippen LogP contribution is 2.33. The maximum atomic E-state index is 9.96. The first-order chi connectivity index (χ1) is 9.67. The fourth-order valence-electron chi connectivity index (χ4n) is 2.24. The van der Waals surface area contributed by atoms with Crippen molar-refractivity contribution in [3.63, 3.8) is 0 Å². The average molecular weight is 342 g/mol. The number of ether oxygens (including phenoxy) is 1. The second kappa shape index (κ2) is 8.01. The molecule has 4 heteroatoms. The lowest BCUT2D eigenvalue weighted by atomic mass is 10.1. The third-order valence-corrected chi connectivity index (χ3v) is 4.23. The summed E-state index contributed by atoms with van der Waals surface area (Å²) in [5, 5.41) is 13.4. The molecule has 0 spiro atoms. The predicted molar refractivity (Wildman–Crippen MR) is 85.1 cm³/mol. The van der Waals surface area contributed by atoms with Gasteiger partial charge in [0.15, 0.2) is 0 Å². The molecule has 3 nitrogen and oxygen atoms in total. The van der Waals surface area contributed by atoms with Crippen molar-refractivity contribution in [2.75, 3.05) is 13.2 Å². The van der Waals surface area contributed by atoms with Gasteiger partial charge in [0, 0.05) is 17.1 Å². The Morgan fingerprint density at radius 1 is 1.35 bits per heavy atom. The number of rotatable bonds is 9. The number of aliphatic hydroxyl groups excluding tert-OH is 1. The normalized spacial score (nSPS) is 17.8. The minimum Gasteiger partial charge on any atom is -0.491 e. The van der Waals surface area contributed by atoms with Crippen LogP contribution in [0.4, 0.5) is 0 Å². The van der Waals surface area contributed by atoms with Crippen molar-refractivity contribution in [1.29, 1.82) is 0 Å². The summed E-state index contributed by atoms with van der Waals surface area (Å²) < 4.78 is 6.60. The van der Waals surface area contributed by atoms with E-state index in [1.165, 1.54) is 19.3 Å². The van der Waals surface area contributed by atoms with Gasteiger partial charge >= 0.3 is 0 Å². The number of nitrogens with one attached hydrogen (secondary N) is 1. The Morgan fingerprint density at radius 2 is 2.05 bits per heavy atom. The van der Waals surface area contributed by atoms with E-state index in [1.807, 2.05) is 24.3 Å². The average Bonchev–Trinajstić information content (AvgIpc) is 3.26. The molecule has 0 aliphatic heterocycles. The van der Waals surface area contributed by atoms with Gasteiger partial charge in [-0.15, -0.1) is 0 Å². The molecule has 20 heavy (non-hydrogen) atoms. The molecule has 0 radical (unpaired) electrons. The van der Waals surface area contributed by atoms with Crippen LogP contribution < -0.4 is 10.1 Å². The molecular formula is C16H24BrNO2. The summed E-state index contributed by atoms with van der Waals surface area (Å²) in [6.45, 7) is 3.13. The molecule has 0 saturated heterocycles. The van der Waals surface area contributed by atoms with Crippen molar-refractivity contribution < 1.29 is 9.84 Å². The van der Waals surface area contributed by atoms with Crippen molar-refractivity contribution in [2.45, 2.75) is 44.8 Å². The van der Waals surface area contributed by atoms with Crippen LogP contribution in [0, 0.1) is 5.92 Å². The standard InChI is InChI=1S/C16H24BrNO2/c1-2-14(9-12-3-4-12)18-10-15(19)11-20-16-7-5-13(17)6-8-16/h5-8,12,14-15,18-19H,2-4,9-11H2,1H3. The van der Waals surface area contributed by atoms with Crippen LogP contribution >= 0.6 is 15.9 Å². The van der Waals surface area contributed by atoms with Gasteiger partial charge < -0.3 is 15.2 Å². The highest BCUT2D eigenvalue weighted by Gasteiger charge is 2.24. The van der Waals surface area contributed by atoms with Gasteiger partial charge in [-0.05, 0) is 43.0 Å². The van der Waals surface area contributed by atoms with E-state index in [0.717, 1.165) is 22.6 Å². The molecule has 1 aromatic rings. The van der Waals surface area contributed by atoms with Crippen LogP contribution in [0.3, 0.4) is 0 Å². The molecular weight excluding hydrogens is 318 g/mol. The lowest BCUT2D eigenvalue weighted by Crippen LogP contribution is -2.38. The van der Waals surface area contributed by atoms with Crippen molar-refractivity contribution >= 4 is 15.9 Å². The molecule has 1 aliphatic carbocycles. The van der Waals surface area contributed by atoms with E-state index in [1.54, 1.807) is 0 Å². The molecule has 1 aromatic carbocycles. The zero-order valence-electron chi connectivity index (χ0n) is 12.0. The van der Waals surface area contributed by atoms with Gasteiger partial charge in [-0.25, -0.2) is 0 Å². The van der Waals surface area contributed by atoms with Gasteiger partial charge in [0.2, 0.25) is 0 Å². The van der Waals surface area contributed by atoms with Crippen LogP contribution in [0.5, 0.6) is 5.75 Å². The monoisotopic (exact) mass is 341 g/mol. The minimum atomic E-state index is -0.466. The molecule has 1 fully saturated rings. The Bertz CT molecular complexity index is 392. The second-order valence-corrected chi connectivity index (χ2v) is 6.53. The van der Waals surface area contributed by atoms with Crippen LogP contribution in [0.1, 0.15) is 32.6 Å². The van der Waals surface area contributed by atoms with E-state index in [0.29, 0.717) is 19.2 Å². The van der Waals surface area contributed by atoms with Crippen molar-refractivity contribution in [1.82, 2.24) is 5.32 Å². The van der Waals surface area contributed by atoms with E-state index in [2.05, 4.69) is 28.2 Å². The Hall–Kier alpha value is -0.580. The van der Waals surface area contributed by atoms with Crippen molar-refractivity contribution in [3.05, 3.63) is 28.7 Å². The van der Waals surface area contributed by atoms with Crippen LogP contribution in [0.2, 0.25) is 0 Å². The van der Waals surface area contributed by atoms with E-state index in [4.69, 9.17) is 4.74 Å². The smallest absolute Gasteiger partial charge is 0.119 e. The minimum absolute atomic E-state index is 0.328. The van der Waals surface area contributed by atoms with Gasteiger partial charge in [-0.1, -0.05) is 35.7 Å². The fourth-order valence-corrected chi connectivity index (χ4v) is 2.50. The first-order valence-corrected chi connectivity index (χ1v) is 8.26. The number of hydrogen-bond acceptors (Lipinski definition) is 3. The fraction of sp³-hybridized carbons (Fsp3) is 0.625. The topological polar surface area (TPSA) is 41.5 Å². The van der Waals surface area contributed by atoms with Gasteiger partial charge in [-0.3, -0.25) is 0 Å². The number of aliphatic hydroxyl groups is 1. The first kappa shape index (κ1) is 15.8. The molecule has 0 heterocycles. The number of halogens is 1.